The van der Waals surface area contributed by atoms with Gasteiger partial charge in [0.25, 0.3) is 0 Å². The van der Waals surface area contributed by atoms with E-state index in [0.717, 1.165) is 6.42 Å². The van der Waals surface area contributed by atoms with E-state index in [1.54, 1.807) is 0 Å². The van der Waals surface area contributed by atoms with Crippen LogP contribution in [0.5, 0.6) is 0 Å². The fraction of sp³-hybridized carbons (Fsp3) is 0.588. The van der Waals surface area contributed by atoms with Crippen LogP contribution in [0.1, 0.15) is 43.9 Å². The third-order valence-electron chi connectivity index (χ3n) is 4.44. The van der Waals surface area contributed by atoms with Crippen molar-refractivity contribution in [3.63, 3.8) is 0 Å². The minimum absolute atomic E-state index is 0.0807. The summed E-state index contributed by atoms with van der Waals surface area (Å²) in [5.74, 6) is -0.207. The molecule has 2 unspecified atom stereocenters. The molecular formula is C17H25NO3. The van der Waals surface area contributed by atoms with Gasteiger partial charge >= 0.3 is 5.97 Å². The molecule has 4 nitrogen and oxygen atoms in total. The molecule has 1 aromatic rings. The highest BCUT2D eigenvalue weighted by Gasteiger charge is 2.40. The summed E-state index contributed by atoms with van der Waals surface area (Å²) >= 11 is 0. The Hall–Kier alpha value is -1.39. The Morgan fingerprint density at radius 2 is 2.19 bits per heavy atom. The third kappa shape index (κ3) is 3.27. The monoisotopic (exact) mass is 291 g/mol. The maximum absolute atomic E-state index is 12.4. The minimum Gasteiger partial charge on any atom is -0.466 e. The molecule has 21 heavy (non-hydrogen) atoms. The van der Waals surface area contributed by atoms with Crippen LogP contribution in [0.4, 0.5) is 0 Å². The third-order valence-corrected chi connectivity index (χ3v) is 4.44. The van der Waals surface area contributed by atoms with E-state index in [1.165, 1.54) is 11.1 Å². The molecule has 1 aliphatic heterocycles. The van der Waals surface area contributed by atoms with Crippen LogP contribution in [0.15, 0.2) is 24.3 Å². The summed E-state index contributed by atoms with van der Waals surface area (Å²) in [6.45, 7) is 5.15. The van der Waals surface area contributed by atoms with Crippen LogP contribution in [0.25, 0.3) is 0 Å². The molecule has 0 aliphatic carbocycles. The lowest BCUT2D eigenvalue weighted by Gasteiger charge is -2.35. The fourth-order valence-electron chi connectivity index (χ4n) is 2.97. The number of fused-ring (bicyclic) bond motifs is 1. The molecular weight excluding hydrogens is 266 g/mol. The minimum atomic E-state index is -0.662. The lowest BCUT2D eigenvalue weighted by atomic mass is 9.77. The average Bonchev–Trinajstić information content (AvgIpc) is 2.53. The quantitative estimate of drug-likeness (QED) is 0.818. The predicted octanol–water partition coefficient (Wildman–Crippen LogP) is 2.61. The van der Waals surface area contributed by atoms with Crippen LogP contribution in [0.2, 0.25) is 0 Å². The second-order valence-corrected chi connectivity index (χ2v) is 5.57. The molecule has 0 aromatic heterocycles. The Morgan fingerprint density at radius 1 is 1.43 bits per heavy atom. The summed E-state index contributed by atoms with van der Waals surface area (Å²) < 4.78 is 11.2. The molecule has 0 bridgehead atoms. The number of hydrogen-bond donors (Lipinski definition) is 1. The first-order valence-electron chi connectivity index (χ1n) is 7.73. The van der Waals surface area contributed by atoms with Crippen molar-refractivity contribution >= 4 is 5.97 Å². The van der Waals surface area contributed by atoms with Crippen LogP contribution in [0, 0.1) is 5.41 Å². The lowest BCUT2D eigenvalue weighted by molar-refractivity contribution is -0.158. The molecule has 0 fully saturated rings. The fourth-order valence-corrected chi connectivity index (χ4v) is 2.97. The molecule has 2 N–H and O–H groups in total. The van der Waals surface area contributed by atoms with Crippen LogP contribution in [-0.4, -0.2) is 25.7 Å². The molecule has 0 saturated heterocycles. The molecule has 0 spiro atoms. The highest BCUT2D eigenvalue weighted by molar-refractivity contribution is 5.77. The highest BCUT2D eigenvalue weighted by Crippen LogP contribution is 2.39. The zero-order chi connectivity index (χ0) is 15.3. The van der Waals surface area contributed by atoms with Crippen LogP contribution in [0.3, 0.4) is 0 Å². The van der Waals surface area contributed by atoms with E-state index in [0.29, 0.717) is 26.1 Å². The van der Waals surface area contributed by atoms with Gasteiger partial charge in [-0.05, 0) is 37.3 Å². The summed E-state index contributed by atoms with van der Waals surface area (Å²) in [6.07, 6.45) is 2.08. The van der Waals surface area contributed by atoms with Crippen molar-refractivity contribution < 1.29 is 14.3 Å². The topological polar surface area (TPSA) is 61.5 Å². The maximum Gasteiger partial charge on any atom is 0.313 e. The Bertz CT molecular complexity index is 483. The van der Waals surface area contributed by atoms with Gasteiger partial charge < -0.3 is 15.2 Å². The summed E-state index contributed by atoms with van der Waals surface area (Å²) in [4.78, 5) is 12.4. The zero-order valence-electron chi connectivity index (χ0n) is 12.9. The Morgan fingerprint density at radius 3 is 2.86 bits per heavy atom. The Kier molecular flexibility index (Phi) is 5.37. The Balaban J connectivity index is 2.24. The number of carbonyl (C=O) groups is 1. The maximum atomic E-state index is 12.4. The van der Waals surface area contributed by atoms with Gasteiger partial charge in [0.05, 0.1) is 24.7 Å². The smallest absolute Gasteiger partial charge is 0.313 e. The lowest BCUT2D eigenvalue weighted by Crippen LogP contribution is -2.41. The van der Waals surface area contributed by atoms with Gasteiger partial charge in [-0.1, -0.05) is 31.2 Å². The first-order valence-corrected chi connectivity index (χ1v) is 7.73. The van der Waals surface area contributed by atoms with Crippen molar-refractivity contribution in [3.05, 3.63) is 35.4 Å². The van der Waals surface area contributed by atoms with Crippen molar-refractivity contribution in [1.82, 2.24) is 0 Å². The molecule has 116 valence electrons. The average molecular weight is 291 g/mol. The van der Waals surface area contributed by atoms with Gasteiger partial charge in [-0.25, -0.2) is 0 Å². The summed E-state index contributed by atoms with van der Waals surface area (Å²) in [7, 11) is 0. The normalized spacial score (nSPS) is 20.4. The molecule has 0 saturated carbocycles. The van der Waals surface area contributed by atoms with Gasteiger partial charge in [0.2, 0.25) is 0 Å². The molecule has 4 heteroatoms. The van der Waals surface area contributed by atoms with Gasteiger partial charge in [-0.3, -0.25) is 4.79 Å². The van der Waals surface area contributed by atoms with Gasteiger partial charge in [0.15, 0.2) is 0 Å². The van der Waals surface area contributed by atoms with Gasteiger partial charge in [0, 0.05) is 6.54 Å². The first-order chi connectivity index (χ1) is 10.2. The molecule has 2 rings (SSSR count). The van der Waals surface area contributed by atoms with Crippen molar-refractivity contribution in [3.8, 4) is 0 Å². The highest BCUT2D eigenvalue weighted by atomic mass is 16.5. The number of nitrogens with two attached hydrogens (primary N) is 1. The number of ether oxygens (including phenoxy) is 2. The number of rotatable bonds is 6. The molecule has 0 amide bonds. The summed E-state index contributed by atoms with van der Waals surface area (Å²) in [5.41, 5.74) is 7.75. The van der Waals surface area contributed by atoms with E-state index in [-0.39, 0.29) is 18.6 Å². The molecule has 1 heterocycles. The van der Waals surface area contributed by atoms with Crippen molar-refractivity contribution in [2.24, 2.45) is 11.1 Å². The van der Waals surface area contributed by atoms with Crippen molar-refractivity contribution in [2.45, 2.75) is 39.2 Å². The van der Waals surface area contributed by atoms with Crippen molar-refractivity contribution in [2.75, 3.05) is 19.8 Å². The van der Waals surface area contributed by atoms with Crippen molar-refractivity contribution in [1.29, 1.82) is 0 Å². The number of carbonyl (C=O) groups excluding carboxylic acids is 1. The number of hydrogen-bond acceptors (Lipinski definition) is 4. The number of benzene rings is 1. The van der Waals surface area contributed by atoms with Gasteiger partial charge in [0.1, 0.15) is 0 Å². The second-order valence-electron chi connectivity index (χ2n) is 5.57. The van der Waals surface area contributed by atoms with Gasteiger partial charge in [-0.2, -0.15) is 0 Å². The zero-order valence-corrected chi connectivity index (χ0v) is 12.9. The van der Waals surface area contributed by atoms with E-state index in [1.807, 2.05) is 26.0 Å². The van der Waals surface area contributed by atoms with E-state index in [4.69, 9.17) is 15.2 Å². The first kappa shape index (κ1) is 16.0. The molecule has 1 aliphatic rings. The van der Waals surface area contributed by atoms with E-state index >= 15 is 0 Å². The standard InChI is InChI=1S/C17H25NO3/c1-3-17(12-18,16(19)20-4-2)11-15-14-8-6-5-7-13(14)9-10-21-15/h5-8,15H,3-4,9-12,18H2,1-2H3. The molecule has 0 radical (unpaired) electrons. The predicted molar refractivity (Wildman–Crippen MR) is 81.9 cm³/mol. The number of esters is 1. The summed E-state index contributed by atoms with van der Waals surface area (Å²) in [6, 6.07) is 8.27. The van der Waals surface area contributed by atoms with Crippen LogP contribution < -0.4 is 5.73 Å². The van der Waals surface area contributed by atoms with E-state index < -0.39 is 5.41 Å². The molecule has 1 aromatic carbocycles. The van der Waals surface area contributed by atoms with Crippen LogP contribution >= 0.6 is 0 Å². The molecule has 2 atom stereocenters. The Labute approximate surface area is 126 Å². The second kappa shape index (κ2) is 7.05. The van der Waals surface area contributed by atoms with E-state index in [9.17, 15) is 4.79 Å². The SMILES string of the molecule is CCOC(=O)C(CC)(CN)CC1OCCc2ccccc21. The van der Waals surface area contributed by atoms with Crippen LogP contribution in [-0.2, 0) is 20.7 Å². The largest absolute Gasteiger partial charge is 0.466 e. The van der Waals surface area contributed by atoms with Gasteiger partial charge in [-0.15, -0.1) is 0 Å². The summed E-state index contributed by atoms with van der Waals surface area (Å²) in [5, 5.41) is 0. The van der Waals surface area contributed by atoms with E-state index in [2.05, 4.69) is 12.1 Å².